The molecule has 0 radical (unpaired) electrons. The van der Waals surface area contributed by atoms with Gasteiger partial charge < -0.3 is 14.4 Å². The van der Waals surface area contributed by atoms with Crippen LogP contribution in [-0.2, 0) is 4.79 Å². The summed E-state index contributed by atoms with van der Waals surface area (Å²) in [5.41, 5.74) is 0. The number of amides is 1. The molecule has 2 atom stereocenters. The molecule has 20 heavy (non-hydrogen) atoms. The Morgan fingerprint density at radius 2 is 2.10 bits per heavy atom. The monoisotopic (exact) mass is 275 g/mol. The molecule has 1 N–H and O–H groups in total. The second kappa shape index (κ2) is 5.44. The van der Waals surface area contributed by atoms with Gasteiger partial charge in [0.1, 0.15) is 11.5 Å². The van der Waals surface area contributed by atoms with E-state index in [0.717, 1.165) is 17.4 Å². The third-order valence-electron chi connectivity index (χ3n) is 4.29. The minimum atomic E-state index is -0.254. The first-order valence-corrected chi connectivity index (χ1v) is 7.38. The first-order chi connectivity index (χ1) is 9.63. The number of aliphatic hydroxyl groups is 1. The number of hydrogen-bond donors (Lipinski definition) is 1. The van der Waals surface area contributed by atoms with E-state index in [9.17, 15) is 9.90 Å². The van der Waals surface area contributed by atoms with Crippen molar-refractivity contribution in [2.45, 2.75) is 38.2 Å². The Kier molecular flexibility index (Phi) is 3.66. The second-order valence-corrected chi connectivity index (χ2v) is 5.95. The lowest BCUT2D eigenvalue weighted by Gasteiger charge is -2.28. The fraction of sp³-hybridized carbons (Fsp3) is 0.562. The Hall–Kier alpha value is -1.55. The lowest BCUT2D eigenvalue weighted by Crippen LogP contribution is -2.39. The van der Waals surface area contributed by atoms with Crippen LogP contribution in [0.1, 0.15) is 43.6 Å². The standard InChI is InChI=1S/C16H21NO3/c1-11-10-14(11)15-4-2-13(20-15)3-5-16(19)17-8-6-12(18)7-9-17/h2-5,11-12,14,18H,6-10H2,1H3/b5-3+. The van der Waals surface area contributed by atoms with Crippen molar-refractivity contribution in [2.75, 3.05) is 13.1 Å². The summed E-state index contributed by atoms with van der Waals surface area (Å²) < 4.78 is 5.74. The van der Waals surface area contributed by atoms with E-state index in [0.29, 0.717) is 31.8 Å². The molecule has 1 amide bonds. The molecule has 2 aliphatic rings. The van der Waals surface area contributed by atoms with Crippen LogP contribution >= 0.6 is 0 Å². The number of likely N-dealkylation sites (tertiary alicyclic amines) is 1. The highest BCUT2D eigenvalue weighted by Crippen LogP contribution is 2.47. The van der Waals surface area contributed by atoms with E-state index in [1.807, 2.05) is 12.1 Å². The van der Waals surface area contributed by atoms with Crippen LogP contribution in [0.25, 0.3) is 6.08 Å². The second-order valence-electron chi connectivity index (χ2n) is 5.95. The van der Waals surface area contributed by atoms with Crippen LogP contribution in [0.4, 0.5) is 0 Å². The van der Waals surface area contributed by atoms with Crippen molar-refractivity contribution >= 4 is 12.0 Å². The van der Waals surface area contributed by atoms with Gasteiger partial charge in [0.05, 0.1) is 6.10 Å². The van der Waals surface area contributed by atoms with Gasteiger partial charge in [-0.15, -0.1) is 0 Å². The normalized spacial score (nSPS) is 27.2. The Balaban J connectivity index is 1.56. The summed E-state index contributed by atoms with van der Waals surface area (Å²) in [5, 5.41) is 9.43. The molecule has 108 valence electrons. The highest BCUT2D eigenvalue weighted by molar-refractivity contribution is 5.91. The highest BCUT2D eigenvalue weighted by atomic mass is 16.3. The van der Waals surface area contributed by atoms with Gasteiger partial charge in [0, 0.05) is 25.1 Å². The SMILES string of the molecule is CC1CC1c1ccc(/C=C/C(=O)N2CCC(O)CC2)o1. The van der Waals surface area contributed by atoms with Crippen molar-refractivity contribution < 1.29 is 14.3 Å². The van der Waals surface area contributed by atoms with E-state index in [4.69, 9.17) is 4.42 Å². The van der Waals surface area contributed by atoms with Crippen molar-refractivity contribution in [3.63, 3.8) is 0 Å². The molecule has 2 heterocycles. The number of piperidine rings is 1. The molecule has 0 bridgehead atoms. The van der Waals surface area contributed by atoms with Crippen molar-refractivity contribution in [3.8, 4) is 0 Å². The van der Waals surface area contributed by atoms with Gasteiger partial charge in [-0.1, -0.05) is 6.92 Å². The number of carbonyl (C=O) groups is 1. The van der Waals surface area contributed by atoms with Crippen molar-refractivity contribution in [2.24, 2.45) is 5.92 Å². The first kappa shape index (κ1) is 13.4. The third-order valence-corrected chi connectivity index (χ3v) is 4.29. The van der Waals surface area contributed by atoms with Crippen LogP contribution in [0.3, 0.4) is 0 Å². The summed E-state index contributed by atoms with van der Waals surface area (Å²) in [4.78, 5) is 13.8. The number of aliphatic hydroxyl groups excluding tert-OH is 1. The molecule has 3 rings (SSSR count). The van der Waals surface area contributed by atoms with Crippen molar-refractivity contribution in [1.29, 1.82) is 0 Å². The quantitative estimate of drug-likeness (QED) is 0.862. The van der Waals surface area contributed by atoms with E-state index in [1.54, 1.807) is 17.1 Å². The van der Waals surface area contributed by atoms with Crippen molar-refractivity contribution in [1.82, 2.24) is 4.90 Å². The molecule has 4 heteroatoms. The molecule has 2 fully saturated rings. The molecule has 0 spiro atoms. The summed E-state index contributed by atoms with van der Waals surface area (Å²) in [5.74, 6) is 3.06. The molecule has 4 nitrogen and oxygen atoms in total. The fourth-order valence-corrected chi connectivity index (χ4v) is 2.72. The van der Waals surface area contributed by atoms with E-state index >= 15 is 0 Å². The van der Waals surface area contributed by atoms with E-state index < -0.39 is 0 Å². The number of hydrogen-bond acceptors (Lipinski definition) is 3. The molecule has 1 saturated heterocycles. The molecular formula is C16H21NO3. The van der Waals surface area contributed by atoms with Gasteiger partial charge in [0.15, 0.2) is 0 Å². The van der Waals surface area contributed by atoms with Gasteiger partial charge in [-0.25, -0.2) is 0 Å². The predicted molar refractivity (Wildman–Crippen MR) is 76.1 cm³/mol. The minimum absolute atomic E-state index is 0.00496. The number of rotatable bonds is 3. The van der Waals surface area contributed by atoms with Crippen LogP contribution in [0.2, 0.25) is 0 Å². The van der Waals surface area contributed by atoms with Crippen molar-refractivity contribution in [3.05, 3.63) is 29.7 Å². The third kappa shape index (κ3) is 2.96. The molecule has 1 aromatic heterocycles. The van der Waals surface area contributed by atoms with Crippen LogP contribution in [0.5, 0.6) is 0 Å². The topological polar surface area (TPSA) is 53.7 Å². The molecule has 1 aliphatic heterocycles. The van der Waals surface area contributed by atoms with Crippen LogP contribution < -0.4 is 0 Å². The van der Waals surface area contributed by atoms with Crippen LogP contribution in [-0.4, -0.2) is 35.1 Å². The molecule has 2 unspecified atom stereocenters. The zero-order valence-electron chi connectivity index (χ0n) is 11.8. The average Bonchev–Trinajstić information content (AvgIpc) is 3.00. The van der Waals surface area contributed by atoms with Gasteiger partial charge in [0.2, 0.25) is 5.91 Å². The van der Waals surface area contributed by atoms with Gasteiger partial charge in [-0.2, -0.15) is 0 Å². The van der Waals surface area contributed by atoms with Gasteiger partial charge in [-0.05, 0) is 43.4 Å². The molecule has 0 aromatic carbocycles. The maximum atomic E-state index is 12.0. The van der Waals surface area contributed by atoms with E-state index in [-0.39, 0.29) is 12.0 Å². The molecule has 1 aliphatic carbocycles. The maximum Gasteiger partial charge on any atom is 0.246 e. The number of nitrogens with zero attached hydrogens (tertiary/aromatic N) is 1. The Morgan fingerprint density at radius 3 is 2.75 bits per heavy atom. The van der Waals surface area contributed by atoms with Crippen LogP contribution in [0.15, 0.2) is 22.6 Å². The first-order valence-electron chi connectivity index (χ1n) is 7.38. The van der Waals surface area contributed by atoms with E-state index in [1.165, 1.54) is 6.42 Å². The highest BCUT2D eigenvalue weighted by Gasteiger charge is 2.36. The summed E-state index contributed by atoms with van der Waals surface area (Å²) in [6, 6.07) is 3.93. The Labute approximate surface area is 119 Å². The summed E-state index contributed by atoms with van der Waals surface area (Å²) in [6.07, 6.45) is 5.59. The fourth-order valence-electron chi connectivity index (χ4n) is 2.72. The summed E-state index contributed by atoms with van der Waals surface area (Å²) >= 11 is 0. The Morgan fingerprint density at radius 1 is 1.40 bits per heavy atom. The van der Waals surface area contributed by atoms with E-state index in [2.05, 4.69) is 6.92 Å². The smallest absolute Gasteiger partial charge is 0.246 e. The number of furan rings is 1. The zero-order chi connectivity index (χ0) is 14.1. The molecule has 1 aromatic rings. The van der Waals surface area contributed by atoms with Gasteiger partial charge in [-0.3, -0.25) is 4.79 Å². The van der Waals surface area contributed by atoms with Crippen LogP contribution in [0, 0.1) is 5.92 Å². The average molecular weight is 275 g/mol. The Bertz CT molecular complexity index is 512. The largest absolute Gasteiger partial charge is 0.461 e. The van der Waals surface area contributed by atoms with Gasteiger partial charge in [0.25, 0.3) is 0 Å². The lowest BCUT2D eigenvalue weighted by molar-refractivity contribution is -0.127. The molecule has 1 saturated carbocycles. The predicted octanol–water partition coefficient (Wildman–Crippen LogP) is 2.40. The summed E-state index contributed by atoms with van der Waals surface area (Å²) in [7, 11) is 0. The lowest BCUT2D eigenvalue weighted by atomic mass is 10.1. The number of carbonyl (C=O) groups excluding carboxylic acids is 1. The maximum absolute atomic E-state index is 12.0. The van der Waals surface area contributed by atoms with Gasteiger partial charge >= 0.3 is 0 Å². The zero-order valence-corrected chi connectivity index (χ0v) is 11.8. The molecular weight excluding hydrogens is 254 g/mol. The minimum Gasteiger partial charge on any atom is -0.461 e. The summed E-state index contributed by atoms with van der Waals surface area (Å²) in [6.45, 7) is 3.48.